The molecular formula is C24H24F3N3O3. The van der Waals surface area contributed by atoms with Crippen LogP contribution < -0.4 is 15.5 Å². The number of rotatable bonds is 5. The molecule has 4 rings (SSSR count). The van der Waals surface area contributed by atoms with Gasteiger partial charge in [0, 0.05) is 18.2 Å². The van der Waals surface area contributed by atoms with E-state index in [1.807, 2.05) is 24.3 Å². The van der Waals surface area contributed by atoms with Crippen molar-refractivity contribution in [3.63, 3.8) is 0 Å². The number of nitrogens with one attached hydrogen (secondary N) is 2. The third kappa shape index (κ3) is 4.72. The van der Waals surface area contributed by atoms with Crippen molar-refractivity contribution in [3.8, 4) is 0 Å². The van der Waals surface area contributed by atoms with Crippen molar-refractivity contribution < 1.29 is 27.6 Å². The van der Waals surface area contributed by atoms with E-state index in [1.165, 1.54) is 0 Å². The zero-order valence-electron chi connectivity index (χ0n) is 17.9. The highest BCUT2D eigenvalue weighted by Gasteiger charge is 2.39. The number of carbonyl (C=O) groups is 3. The number of benzene rings is 2. The van der Waals surface area contributed by atoms with E-state index < -0.39 is 53.3 Å². The van der Waals surface area contributed by atoms with Crippen LogP contribution in [0.3, 0.4) is 0 Å². The predicted octanol–water partition coefficient (Wildman–Crippen LogP) is 3.55. The highest BCUT2D eigenvalue weighted by molar-refractivity contribution is 6.00. The second-order valence-corrected chi connectivity index (χ2v) is 8.35. The average Bonchev–Trinajstić information content (AvgIpc) is 3.26. The Kier molecular flexibility index (Phi) is 6.67. The Hall–Kier alpha value is -3.36. The fourth-order valence-electron chi connectivity index (χ4n) is 4.62. The second-order valence-electron chi connectivity index (χ2n) is 8.35. The van der Waals surface area contributed by atoms with Crippen LogP contribution in [0.4, 0.5) is 24.5 Å². The van der Waals surface area contributed by atoms with Gasteiger partial charge in [0.2, 0.25) is 17.7 Å². The molecule has 0 bridgehead atoms. The van der Waals surface area contributed by atoms with Gasteiger partial charge in [-0.3, -0.25) is 14.4 Å². The van der Waals surface area contributed by atoms with Crippen LogP contribution in [0, 0.1) is 29.3 Å². The molecule has 2 N–H and O–H groups in total. The molecule has 1 fully saturated rings. The summed E-state index contributed by atoms with van der Waals surface area (Å²) < 4.78 is 40.1. The first-order chi connectivity index (χ1) is 15.9. The van der Waals surface area contributed by atoms with Crippen molar-refractivity contribution in [3.05, 3.63) is 59.4 Å². The Morgan fingerprint density at radius 2 is 1.67 bits per heavy atom. The fraction of sp³-hybridized carbons (Fsp3) is 0.375. The van der Waals surface area contributed by atoms with E-state index in [2.05, 4.69) is 10.6 Å². The predicted molar refractivity (Wildman–Crippen MR) is 116 cm³/mol. The minimum absolute atomic E-state index is 0.0897. The van der Waals surface area contributed by atoms with Gasteiger partial charge in [0.05, 0.1) is 18.2 Å². The lowest BCUT2D eigenvalue weighted by molar-refractivity contribution is -0.135. The highest BCUT2D eigenvalue weighted by Crippen LogP contribution is 2.35. The van der Waals surface area contributed by atoms with Crippen molar-refractivity contribution in [2.45, 2.75) is 32.1 Å². The zero-order chi connectivity index (χ0) is 23.5. The number of hydrogen-bond donors (Lipinski definition) is 2. The Labute approximate surface area is 189 Å². The van der Waals surface area contributed by atoms with E-state index in [9.17, 15) is 27.6 Å². The molecule has 0 saturated heterocycles. The van der Waals surface area contributed by atoms with Crippen molar-refractivity contribution in [1.82, 2.24) is 5.32 Å². The molecular weight excluding hydrogens is 435 g/mol. The van der Waals surface area contributed by atoms with Gasteiger partial charge < -0.3 is 15.5 Å². The van der Waals surface area contributed by atoms with Crippen LogP contribution in [-0.2, 0) is 20.8 Å². The molecule has 2 aliphatic rings. The van der Waals surface area contributed by atoms with E-state index in [0.717, 1.165) is 36.6 Å². The zero-order valence-corrected chi connectivity index (χ0v) is 17.9. The second kappa shape index (κ2) is 9.64. The molecule has 9 heteroatoms. The molecule has 6 nitrogen and oxygen atoms in total. The molecule has 0 spiro atoms. The van der Waals surface area contributed by atoms with Gasteiger partial charge in [-0.25, -0.2) is 13.2 Å². The number of anilines is 2. The summed E-state index contributed by atoms with van der Waals surface area (Å²) in [6, 6.07) is 9.30. The monoisotopic (exact) mass is 459 g/mol. The number of nitrogens with zero attached hydrogens (tertiary/aromatic N) is 1. The van der Waals surface area contributed by atoms with Gasteiger partial charge >= 0.3 is 0 Å². The van der Waals surface area contributed by atoms with Crippen LogP contribution >= 0.6 is 0 Å². The molecule has 174 valence electrons. The SMILES string of the molecule is O=C(CNC(=O)C1CCCCC1C(=O)N1CCc2ccccc21)Nc1ccc(F)c(F)c1F. The minimum Gasteiger partial charge on any atom is -0.347 e. The van der Waals surface area contributed by atoms with Gasteiger partial charge in [-0.1, -0.05) is 31.0 Å². The topological polar surface area (TPSA) is 78.5 Å². The lowest BCUT2D eigenvalue weighted by Crippen LogP contribution is -2.46. The van der Waals surface area contributed by atoms with Gasteiger partial charge in [0.1, 0.15) is 0 Å². The smallest absolute Gasteiger partial charge is 0.243 e. The Bertz CT molecular complexity index is 1090. The third-order valence-corrected chi connectivity index (χ3v) is 6.31. The first-order valence-corrected chi connectivity index (χ1v) is 11.0. The molecule has 0 aromatic heterocycles. The largest absolute Gasteiger partial charge is 0.347 e. The number of amides is 3. The molecule has 1 aliphatic carbocycles. The van der Waals surface area contributed by atoms with E-state index >= 15 is 0 Å². The van der Waals surface area contributed by atoms with E-state index in [-0.39, 0.29) is 5.91 Å². The first kappa shape index (κ1) is 22.8. The van der Waals surface area contributed by atoms with Gasteiger partial charge in [-0.05, 0) is 43.0 Å². The summed E-state index contributed by atoms with van der Waals surface area (Å²) in [4.78, 5) is 40.0. The van der Waals surface area contributed by atoms with Crippen LogP contribution in [0.1, 0.15) is 31.2 Å². The van der Waals surface area contributed by atoms with Crippen molar-refractivity contribution >= 4 is 29.1 Å². The van der Waals surface area contributed by atoms with Crippen LogP contribution in [-0.4, -0.2) is 30.8 Å². The Morgan fingerprint density at radius 1 is 0.939 bits per heavy atom. The average molecular weight is 459 g/mol. The number of para-hydroxylation sites is 1. The van der Waals surface area contributed by atoms with Gasteiger partial charge in [-0.2, -0.15) is 0 Å². The maximum atomic E-state index is 13.7. The molecule has 3 amide bonds. The third-order valence-electron chi connectivity index (χ3n) is 6.31. The Balaban J connectivity index is 1.38. The molecule has 1 heterocycles. The van der Waals surface area contributed by atoms with Crippen molar-refractivity contribution in [2.24, 2.45) is 11.8 Å². The summed E-state index contributed by atoms with van der Waals surface area (Å²) in [5.74, 6) is -6.95. The van der Waals surface area contributed by atoms with Crippen LogP contribution in [0.5, 0.6) is 0 Å². The number of carbonyl (C=O) groups excluding carboxylic acids is 3. The summed E-state index contributed by atoms with van der Waals surface area (Å²) in [7, 11) is 0. The summed E-state index contributed by atoms with van der Waals surface area (Å²) in [6.45, 7) is 0.0897. The quantitative estimate of drug-likeness (QED) is 0.672. The highest BCUT2D eigenvalue weighted by atomic mass is 19.2. The van der Waals surface area contributed by atoms with Gasteiger partial charge in [0.15, 0.2) is 17.5 Å². The van der Waals surface area contributed by atoms with Crippen LogP contribution in [0.25, 0.3) is 0 Å². The maximum Gasteiger partial charge on any atom is 0.243 e. The number of halogens is 3. The van der Waals surface area contributed by atoms with E-state index in [0.29, 0.717) is 25.5 Å². The molecule has 0 radical (unpaired) electrons. The Morgan fingerprint density at radius 3 is 2.45 bits per heavy atom. The van der Waals surface area contributed by atoms with Gasteiger partial charge in [0.25, 0.3) is 0 Å². The summed E-state index contributed by atoms with van der Waals surface area (Å²) >= 11 is 0. The molecule has 33 heavy (non-hydrogen) atoms. The number of hydrogen-bond acceptors (Lipinski definition) is 3. The maximum absolute atomic E-state index is 13.7. The summed E-state index contributed by atoms with van der Waals surface area (Å²) in [5.41, 5.74) is 1.45. The molecule has 2 unspecified atom stereocenters. The molecule has 2 atom stereocenters. The number of fused-ring (bicyclic) bond motifs is 1. The fourth-order valence-corrected chi connectivity index (χ4v) is 4.62. The van der Waals surface area contributed by atoms with Crippen LogP contribution in [0.15, 0.2) is 36.4 Å². The molecule has 2 aromatic rings. The van der Waals surface area contributed by atoms with Gasteiger partial charge in [-0.15, -0.1) is 0 Å². The standard InChI is InChI=1S/C24H24F3N3O3/c25-17-9-10-18(22(27)21(17)26)29-20(31)13-28-23(32)15-6-2-3-7-16(15)24(33)30-12-11-14-5-1-4-8-19(14)30/h1,4-5,8-10,15-16H,2-3,6-7,11-13H2,(H,28,32)(H,29,31). The summed E-state index contributed by atoms with van der Waals surface area (Å²) in [6.07, 6.45) is 3.52. The van der Waals surface area contributed by atoms with Crippen LogP contribution in [0.2, 0.25) is 0 Å². The normalized spacial score (nSPS) is 19.7. The van der Waals surface area contributed by atoms with E-state index in [4.69, 9.17) is 0 Å². The summed E-state index contributed by atoms with van der Waals surface area (Å²) in [5, 5.41) is 4.62. The van der Waals surface area contributed by atoms with Crippen molar-refractivity contribution in [1.29, 1.82) is 0 Å². The lowest BCUT2D eigenvalue weighted by Gasteiger charge is -2.32. The lowest BCUT2D eigenvalue weighted by atomic mass is 9.77. The molecule has 1 aliphatic heterocycles. The first-order valence-electron chi connectivity index (χ1n) is 11.0. The van der Waals surface area contributed by atoms with E-state index in [1.54, 1.807) is 4.90 Å². The van der Waals surface area contributed by atoms with Crippen molar-refractivity contribution in [2.75, 3.05) is 23.3 Å². The molecule has 2 aromatic carbocycles. The minimum atomic E-state index is -1.69. The molecule has 1 saturated carbocycles.